The van der Waals surface area contributed by atoms with Gasteiger partial charge in [0, 0.05) is 0 Å². The van der Waals surface area contributed by atoms with E-state index in [1.54, 1.807) is 21.1 Å². The van der Waals surface area contributed by atoms with Crippen LogP contribution in [0.3, 0.4) is 0 Å². The SMILES string of the molecule is CCP1c2cccc3cccc(c23)[Si](C)(/C(=C/c2ccccc2)c2ccccc2)C1C. The van der Waals surface area contributed by atoms with Crippen molar-refractivity contribution < 1.29 is 0 Å². The Labute approximate surface area is 188 Å². The molecule has 1 aliphatic rings. The monoisotopic (exact) mass is 436 g/mol. The zero-order chi connectivity index (χ0) is 21.4. The quantitative estimate of drug-likeness (QED) is 0.184. The van der Waals surface area contributed by atoms with Gasteiger partial charge in [-0.25, -0.2) is 0 Å². The summed E-state index contributed by atoms with van der Waals surface area (Å²) in [5.74, 6) is 0. The summed E-state index contributed by atoms with van der Waals surface area (Å²) in [5, 5.41) is 8.45. The van der Waals surface area contributed by atoms with E-state index in [1.807, 2.05) is 0 Å². The third-order valence-corrected chi connectivity index (χ3v) is 17.0. The van der Waals surface area contributed by atoms with Crippen molar-refractivity contribution in [3.05, 3.63) is 108 Å². The predicted molar refractivity (Wildman–Crippen MR) is 143 cm³/mol. The molecule has 31 heavy (non-hydrogen) atoms. The van der Waals surface area contributed by atoms with E-state index in [1.165, 1.54) is 22.7 Å². The summed E-state index contributed by atoms with van der Waals surface area (Å²) < 4.78 is 0. The first-order chi connectivity index (χ1) is 15.1. The van der Waals surface area contributed by atoms with Gasteiger partial charge in [0.25, 0.3) is 0 Å². The maximum absolute atomic E-state index is 2.63. The van der Waals surface area contributed by atoms with Crippen molar-refractivity contribution in [2.75, 3.05) is 6.16 Å². The molecular weight excluding hydrogens is 407 g/mol. The van der Waals surface area contributed by atoms with Gasteiger partial charge in [-0.2, -0.15) is 0 Å². The second-order valence-corrected chi connectivity index (χ2v) is 16.3. The van der Waals surface area contributed by atoms with Crippen molar-refractivity contribution in [2.24, 2.45) is 0 Å². The summed E-state index contributed by atoms with van der Waals surface area (Å²) in [7, 11) is -2.24. The zero-order valence-corrected chi connectivity index (χ0v) is 20.4. The normalized spacial score (nSPS) is 23.1. The fraction of sp³-hybridized carbons (Fsp3) is 0.172. The lowest BCUT2D eigenvalue weighted by Gasteiger charge is -2.46. The highest BCUT2D eigenvalue weighted by atomic mass is 31.1. The van der Waals surface area contributed by atoms with E-state index in [-0.39, 0.29) is 7.92 Å². The first-order valence-electron chi connectivity index (χ1n) is 11.3. The lowest BCUT2D eigenvalue weighted by molar-refractivity contribution is 1.28. The summed E-state index contributed by atoms with van der Waals surface area (Å²) >= 11 is 0. The van der Waals surface area contributed by atoms with Gasteiger partial charge >= 0.3 is 0 Å². The van der Waals surface area contributed by atoms with Gasteiger partial charge in [0.15, 0.2) is 0 Å². The van der Waals surface area contributed by atoms with E-state index in [0.29, 0.717) is 5.28 Å². The smallest absolute Gasteiger partial charge is 0.0741 e. The molecule has 0 aliphatic carbocycles. The van der Waals surface area contributed by atoms with Crippen LogP contribution in [0.4, 0.5) is 0 Å². The van der Waals surface area contributed by atoms with Gasteiger partial charge in [-0.1, -0.05) is 131 Å². The van der Waals surface area contributed by atoms with Crippen molar-refractivity contribution >= 4 is 48.5 Å². The lowest BCUT2D eigenvalue weighted by atomic mass is 10.1. The molecule has 0 saturated carbocycles. The minimum absolute atomic E-state index is 0.200. The van der Waals surface area contributed by atoms with Gasteiger partial charge in [-0.05, 0) is 49.0 Å². The molecule has 0 saturated heterocycles. The Hall–Kier alpha value is -2.47. The van der Waals surface area contributed by atoms with Crippen LogP contribution in [0.15, 0.2) is 97.1 Å². The third-order valence-electron chi connectivity index (χ3n) is 7.15. The summed E-state index contributed by atoms with van der Waals surface area (Å²) in [6.07, 6.45) is 3.74. The number of hydrogen-bond acceptors (Lipinski definition) is 0. The fourth-order valence-electron chi connectivity index (χ4n) is 5.42. The number of rotatable bonds is 4. The minimum Gasteiger partial charge on any atom is -0.0741 e. The average Bonchev–Trinajstić information content (AvgIpc) is 2.83. The van der Waals surface area contributed by atoms with Gasteiger partial charge in [0.1, 0.15) is 8.07 Å². The molecule has 1 aliphatic heterocycles. The van der Waals surface area contributed by atoms with Crippen molar-refractivity contribution in [1.29, 1.82) is 0 Å². The second-order valence-electron chi connectivity index (χ2n) is 8.68. The van der Waals surface area contributed by atoms with Crippen LogP contribution in [-0.4, -0.2) is 19.5 Å². The molecule has 3 atom stereocenters. The molecule has 2 heteroatoms. The van der Waals surface area contributed by atoms with Crippen LogP contribution in [0.25, 0.3) is 22.0 Å². The van der Waals surface area contributed by atoms with Crippen molar-refractivity contribution in [3.8, 4) is 0 Å². The first-order valence-corrected chi connectivity index (χ1v) is 15.4. The van der Waals surface area contributed by atoms with E-state index in [4.69, 9.17) is 0 Å². The Kier molecular flexibility index (Phi) is 5.42. The van der Waals surface area contributed by atoms with Gasteiger partial charge in [-0.15, -0.1) is 0 Å². The van der Waals surface area contributed by atoms with E-state index in [9.17, 15) is 0 Å². The highest BCUT2D eigenvalue weighted by Crippen LogP contribution is 2.52. The topological polar surface area (TPSA) is 0 Å². The third kappa shape index (κ3) is 3.32. The van der Waals surface area contributed by atoms with E-state index in [2.05, 4.69) is 124 Å². The van der Waals surface area contributed by atoms with Crippen LogP contribution < -0.4 is 10.5 Å². The largest absolute Gasteiger partial charge is 0.123 e. The predicted octanol–water partition coefficient (Wildman–Crippen LogP) is 6.97. The second kappa shape index (κ2) is 8.23. The van der Waals surface area contributed by atoms with Crippen molar-refractivity contribution in [1.82, 2.24) is 0 Å². The molecule has 0 aromatic heterocycles. The van der Waals surface area contributed by atoms with Crippen LogP contribution in [0.5, 0.6) is 0 Å². The zero-order valence-electron chi connectivity index (χ0n) is 18.5. The van der Waals surface area contributed by atoms with Gasteiger partial charge in [0.2, 0.25) is 0 Å². The van der Waals surface area contributed by atoms with Gasteiger partial charge in [0.05, 0.1) is 0 Å². The number of hydrogen-bond donors (Lipinski definition) is 0. The van der Waals surface area contributed by atoms with E-state index < -0.39 is 8.07 Å². The average molecular weight is 437 g/mol. The molecule has 3 unspecified atom stereocenters. The van der Waals surface area contributed by atoms with Crippen molar-refractivity contribution in [2.45, 2.75) is 25.7 Å². The summed E-state index contributed by atoms with van der Waals surface area (Å²) in [6.45, 7) is 7.58. The van der Waals surface area contributed by atoms with Crippen LogP contribution in [0.1, 0.15) is 25.0 Å². The molecule has 0 N–H and O–H groups in total. The molecule has 4 aromatic carbocycles. The Morgan fingerprint density at radius 1 is 0.839 bits per heavy atom. The molecule has 0 nitrogen and oxygen atoms in total. The molecule has 0 spiro atoms. The van der Waals surface area contributed by atoms with Gasteiger partial charge < -0.3 is 0 Å². The lowest BCUT2D eigenvalue weighted by Crippen LogP contribution is -2.59. The molecule has 4 aromatic rings. The van der Waals surface area contributed by atoms with Crippen LogP contribution >= 0.6 is 7.92 Å². The van der Waals surface area contributed by atoms with Crippen molar-refractivity contribution in [3.63, 3.8) is 0 Å². The Morgan fingerprint density at radius 2 is 1.48 bits per heavy atom. The summed E-state index contributed by atoms with van der Waals surface area (Å²) in [5.41, 5.74) is 2.68. The molecular formula is C29H29PSi. The fourth-order valence-corrected chi connectivity index (χ4v) is 15.6. The highest BCUT2D eigenvalue weighted by molar-refractivity contribution is 7.71. The minimum atomic E-state index is -2.04. The summed E-state index contributed by atoms with van der Waals surface area (Å²) in [4.78, 5) is 0. The maximum Gasteiger partial charge on any atom is 0.123 e. The Bertz CT molecular complexity index is 1240. The van der Waals surface area contributed by atoms with E-state index in [0.717, 1.165) is 0 Å². The first kappa shape index (κ1) is 20.4. The number of benzene rings is 4. The molecule has 0 amide bonds. The molecule has 1 heterocycles. The van der Waals surface area contributed by atoms with Crippen LogP contribution in [0, 0.1) is 0 Å². The molecule has 5 rings (SSSR count). The molecule has 0 bridgehead atoms. The molecule has 0 radical (unpaired) electrons. The summed E-state index contributed by atoms with van der Waals surface area (Å²) in [6, 6.07) is 36.0. The van der Waals surface area contributed by atoms with Gasteiger partial charge in [-0.3, -0.25) is 0 Å². The van der Waals surface area contributed by atoms with E-state index >= 15 is 0 Å². The van der Waals surface area contributed by atoms with Crippen LogP contribution in [0.2, 0.25) is 6.55 Å². The standard InChI is InChI=1S/C29H29PSi/c1-4-30-22(2)31(3,27-20-12-18-25-17-11-19-26(30)29(25)27)28(24-15-9-6-10-16-24)21-23-13-7-5-8-14-23/h5-22H,4H2,1-3H3/b28-21+. The van der Waals surface area contributed by atoms with Crippen LogP contribution in [-0.2, 0) is 0 Å². The Morgan fingerprint density at radius 3 is 2.16 bits per heavy atom. The molecule has 154 valence electrons. The Balaban J connectivity index is 1.85. The maximum atomic E-state index is 2.63. The highest BCUT2D eigenvalue weighted by Gasteiger charge is 2.47. The molecule has 0 fully saturated rings.